The van der Waals surface area contributed by atoms with Crippen molar-refractivity contribution in [1.82, 2.24) is 0 Å². The molecule has 0 saturated carbocycles. The number of ether oxygens (including phenoxy) is 1. The first-order valence-corrected chi connectivity index (χ1v) is 8.66. The van der Waals surface area contributed by atoms with Crippen LogP contribution in [0.2, 0.25) is 0 Å². The van der Waals surface area contributed by atoms with E-state index in [0.29, 0.717) is 21.5 Å². The van der Waals surface area contributed by atoms with E-state index in [4.69, 9.17) is 9.84 Å². The summed E-state index contributed by atoms with van der Waals surface area (Å²) >= 11 is 4.36. The summed E-state index contributed by atoms with van der Waals surface area (Å²) in [5.41, 5.74) is 1.00. The molecule has 0 atom stereocenters. The molecule has 5 nitrogen and oxygen atoms in total. The molecular formula is C12H12BrNO4S2. The zero-order valence-corrected chi connectivity index (χ0v) is 13.7. The van der Waals surface area contributed by atoms with Gasteiger partial charge in [0.25, 0.3) is 10.0 Å². The van der Waals surface area contributed by atoms with Crippen molar-refractivity contribution in [3.05, 3.63) is 39.7 Å². The summed E-state index contributed by atoms with van der Waals surface area (Å²) < 4.78 is 32.7. The van der Waals surface area contributed by atoms with Gasteiger partial charge in [-0.15, -0.1) is 11.3 Å². The number of hydrogen-bond acceptors (Lipinski definition) is 5. The Morgan fingerprint density at radius 1 is 1.40 bits per heavy atom. The smallest absolute Gasteiger partial charge is 0.271 e. The first-order valence-electron chi connectivity index (χ1n) is 5.51. The van der Waals surface area contributed by atoms with Crippen LogP contribution in [0.4, 0.5) is 5.69 Å². The van der Waals surface area contributed by atoms with Crippen LogP contribution in [-0.2, 0) is 16.6 Å². The summed E-state index contributed by atoms with van der Waals surface area (Å²) in [7, 11) is -2.11. The molecule has 2 aromatic rings. The number of sulfonamides is 1. The molecule has 0 aliphatic carbocycles. The van der Waals surface area contributed by atoms with Crippen LogP contribution in [-0.4, -0.2) is 20.6 Å². The van der Waals surface area contributed by atoms with Gasteiger partial charge < -0.3 is 9.84 Å². The summed E-state index contributed by atoms with van der Waals surface area (Å²) in [4.78, 5) is 0. The molecule has 1 heterocycles. The number of rotatable bonds is 5. The van der Waals surface area contributed by atoms with Gasteiger partial charge in [-0.3, -0.25) is 4.72 Å². The van der Waals surface area contributed by atoms with Crippen molar-refractivity contribution in [3.63, 3.8) is 0 Å². The van der Waals surface area contributed by atoms with E-state index in [1.807, 2.05) is 0 Å². The minimum Gasteiger partial charge on any atom is -0.496 e. The largest absolute Gasteiger partial charge is 0.496 e. The quantitative estimate of drug-likeness (QED) is 0.839. The van der Waals surface area contributed by atoms with Gasteiger partial charge in [0, 0.05) is 0 Å². The van der Waals surface area contributed by atoms with Crippen molar-refractivity contribution in [3.8, 4) is 5.75 Å². The van der Waals surface area contributed by atoms with Gasteiger partial charge in [0.2, 0.25) is 0 Å². The molecule has 2 rings (SSSR count). The molecule has 0 bridgehead atoms. The number of hydrogen-bond donors (Lipinski definition) is 2. The van der Waals surface area contributed by atoms with E-state index >= 15 is 0 Å². The number of halogens is 1. The zero-order chi connectivity index (χ0) is 14.8. The van der Waals surface area contributed by atoms with E-state index in [1.165, 1.54) is 13.2 Å². The van der Waals surface area contributed by atoms with Crippen LogP contribution < -0.4 is 9.46 Å². The van der Waals surface area contributed by atoms with Crippen molar-refractivity contribution >= 4 is 43.0 Å². The molecule has 0 amide bonds. The minimum absolute atomic E-state index is 0.161. The maximum atomic E-state index is 12.2. The van der Waals surface area contributed by atoms with Gasteiger partial charge in [0.05, 0.1) is 23.9 Å². The average molecular weight is 378 g/mol. The van der Waals surface area contributed by atoms with Gasteiger partial charge in [-0.1, -0.05) is 0 Å². The van der Waals surface area contributed by atoms with Gasteiger partial charge in [0.15, 0.2) is 0 Å². The van der Waals surface area contributed by atoms with Crippen molar-refractivity contribution < 1.29 is 18.3 Å². The second kappa shape index (κ2) is 6.13. The highest BCUT2D eigenvalue weighted by Crippen LogP contribution is 2.29. The Labute approximate surface area is 129 Å². The van der Waals surface area contributed by atoms with Crippen LogP contribution in [0.5, 0.6) is 5.75 Å². The molecule has 0 aliphatic rings. The van der Waals surface area contributed by atoms with Crippen molar-refractivity contribution in [1.29, 1.82) is 0 Å². The standard InChI is InChI=1S/C12H12BrNO4S2/c1-18-11-3-2-9(5-10(11)13)14-20(16,17)12-4-8(6-15)7-19-12/h2-5,7,14-15H,6H2,1H3. The Balaban J connectivity index is 2.26. The summed E-state index contributed by atoms with van der Waals surface area (Å²) in [6, 6.07) is 6.35. The van der Waals surface area contributed by atoms with E-state index in [-0.39, 0.29) is 10.8 Å². The van der Waals surface area contributed by atoms with Gasteiger partial charge >= 0.3 is 0 Å². The number of aliphatic hydroxyl groups excluding tert-OH is 1. The van der Waals surface area contributed by atoms with Gasteiger partial charge in [-0.2, -0.15) is 0 Å². The maximum absolute atomic E-state index is 12.2. The number of nitrogens with one attached hydrogen (secondary N) is 1. The molecule has 2 N–H and O–H groups in total. The lowest BCUT2D eigenvalue weighted by Crippen LogP contribution is -2.11. The summed E-state index contributed by atoms with van der Waals surface area (Å²) in [5, 5.41) is 10.6. The molecule has 8 heteroatoms. The number of thiophene rings is 1. The van der Waals surface area contributed by atoms with Crippen molar-refractivity contribution in [2.45, 2.75) is 10.8 Å². The van der Waals surface area contributed by atoms with Crippen LogP contribution in [0.1, 0.15) is 5.56 Å². The highest BCUT2D eigenvalue weighted by atomic mass is 79.9. The van der Waals surface area contributed by atoms with Gasteiger partial charge in [0.1, 0.15) is 9.96 Å². The Morgan fingerprint density at radius 2 is 2.15 bits per heavy atom. The van der Waals surface area contributed by atoms with Crippen molar-refractivity contribution in [2.24, 2.45) is 0 Å². The predicted octanol–water partition coefficient (Wildman–Crippen LogP) is 2.81. The second-order valence-electron chi connectivity index (χ2n) is 3.89. The number of aliphatic hydroxyl groups is 1. The fraction of sp³-hybridized carbons (Fsp3) is 0.167. The Hall–Kier alpha value is -1.09. The molecule has 1 aromatic heterocycles. The molecule has 108 valence electrons. The third-order valence-electron chi connectivity index (χ3n) is 2.48. The molecule has 0 aliphatic heterocycles. The number of methoxy groups -OCH3 is 1. The lowest BCUT2D eigenvalue weighted by molar-refractivity contribution is 0.282. The van der Waals surface area contributed by atoms with E-state index < -0.39 is 10.0 Å². The van der Waals surface area contributed by atoms with Crippen LogP contribution in [0, 0.1) is 0 Å². The van der Waals surface area contributed by atoms with E-state index in [2.05, 4.69) is 20.7 Å². The molecule has 1 aromatic carbocycles. The van der Waals surface area contributed by atoms with E-state index in [0.717, 1.165) is 11.3 Å². The normalized spacial score (nSPS) is 11.3. The highest BCUT2D eigenvalue weighted by molar-refractivity contribution is 9.10. The van der Waals surface area contributed by atoms with Gasteiger partial charge in [-0.25, -0.2) is 8.42 Å². The van der Waals surface area contributed by atoms with E-state index in [9.17, 15) is 8.42 Å². The first kappa shape index (κ1) is 15.3. The first-order chi connectivity index (χ1) is 9.46. The highest BCUT2D eigenvalue weighted by Gasteiger charge is 2.17. The topological polar surface area (TPSA) is 75.6 Å². The lowest BCUT2D eigenvalue weighted by Gasteiger charge is -2.08. The van der Waals surface area contributed by atoms with E-state index in [1.54, 1.807) is 23.6 Å². The van der Waals surface area contributed by atoms with Crippen LogP contribution >= 0.6 is 27.3 Å². The average Bonchev–Trinajstić information content (AvgIpc) is 2.88. The monoisotopic (exact) mass is 377 g/mol. The Bertz CT molecular complexity index is 712. The molecule has 20 heavy (non-hydrogen) atoms. The van der Waals surface area contributed by atoms with Crippen molar-refractivity contribution in [2.75, 3.05) is 11.8 Å². The van der Waals surface area contributed by atoms with Crippen LogP contribution in [0.3, 0.4) is 0 Å². The third-order valence-corrected chi connectivity index (χ3v) is 5.97. The maximum Gasteiger partial charge on any atom is 0.271 e. The fourth-order valence-corrected chi connectivity index (χ4v) is 4.30. The molecular weight excluding hydrogens is 366 g/mol. The predicted molar refractivity (Wildman–Crippen MR) is 81.7 cm³/mol. The van der Waals surface area contributed by atoms with Gasteiger partial charge in [-0.05, 0) is 51.1 Å². The lowest BCUT2D eigenvalue weighted by atomic mass is 10.3. The molecule has 0 radical (unpaired) electrons. The molecule has 0 unspecified atom stereocenters. The molecule has 0 spiro atoms. The second-order valence-corrected chi connectivity index (χ2v) is 7.56. The SMILES string of the molecule is COc1ccc(NS(=O)(=O)c2cc(CO)cs2)cc1Br. The third kappa shape index (κ3) is 3.32. The Morgan fingerprint density at radius 3 is 2.70 bits per heavy atom. The van der Waals surface area contributed by atoms with Crippen LogP contribution in [0.25, 0.3) is 0 Å². The molecule has 0 saturated heterocycles. The summed E-state index contributed by atoms with van der Waals surface area (Å²) in [6.07, 6.45) is 0. The summed E-state index contributed by atoms with van der Waals surface area (Å²) in [5.74, 6) is 0.617. The molecule has 0 fully saturated rings. The minimum atomic E-state index is -3.64. The Kier molecular flexibility index (Phi) is 4.69. The number of anilines is 1. The zero-order valence-electron chi connectivity index (χ0n) is 10.5. The summed E-state index contributed by atoms with van der Waals surface area (Å²) in [6.45, 7) is -0.180. The van der Waals surface area contributed by atoms with Crippen LogP contribution in [0.15, 0.2) is 38.3 Å². The fourth-order valence-electron chi connectivity index (χ4n) is 1.51. The number of benzene rings is 1.